The molecule has 1 N–H and O–H groups in total. The van der Waals surface area contributed by atoms with Crippen LogP contribution in [0.4, 0.5) is 0 Å². The molecule has 180 valence electrons. The average Bonchev–Trinajstić information content (AvgIpc) is 3.14. The molecule has 0 spiro atoms. The Hall–Kier alpha value is -4.06. The Morgan fingerprint density at radius 2 is 1.66 bits per heavy atom. The van der Waals surface area contributed by atoms with Gasteiger partial charge in [-0.3, -0.25) is 9.59 Å². The summed E-state index contributed by atoms with van der Waals surface area (Å²) in [4.78, 5) is 28.2. The number of amides is 1. The molecule has 6 heteroatoms. The quantitative estimate of drug-likeness (QED) is 0.440. The molecule has 1 unspecified atom stereocenters. The third kappa shape index (κ3) is 5.22. The van der Waals surface area contributed by atoms with Crippen molar-refractivity contribution in [3.63, 3.8) is 0 Å². The van der Waals surface area contributed by atoms with E-state index in [1.165, 1.54) is 4.90 Å². The van der Waals surface area contributed by atoms with Crippen molar-refractivity contribution >= 4 is 11.7 Å². The Morgan fingerprint density at radius 1 is 0.971 bits per heavy atom. The SMILES string of the molecule is CCOc1ccc(C2C(C(=O)CCc3ccccc3)=C(O)C(=O)N2Cc2ccccc2OC)cc1. The molecule has 0 saturated carbocycles. The van der Waals surface area contributed by atoms with Gasteiger partial charge >= 0.3 is 0 Å². The van der Waals surface area contributed by atoms with Gasteiger partial charge < -0.3 is 19.5 Å². The second-order valence-electron chi connectivity index (χ2n) is 8.32. The van der Waals surface area contributed by atoms with E-state index in [0.29, 0.717) is 24.5 Å². The highest BCUT2D eigenvalue weighted by Crippen LogP contribution is 2.40. The minimum absolute atomic E-state index is 0.130. The van der Waals surface area contributed by atoms with Crippen molar-refractivity contribution in [3.8, 4) is 11.5 Å². The Labute approximate surface area is 205 Å². The fourth-order valence-corrected chi connectivity index (χ4v) is 4.42. The maximum absolute atomic E-state index is 13.4. The number of methoxy groups -OCH3 is 1. The van der Waals surface area contributed by atoms with Crippen molar-refractivity contribution in [1.82, 2.24) is 4.90 Å². The van der Waals surface area contributed by atoms with Gasteiger partial charge in [0.05, 0.1) is 31.9 Å². The third-order valence-corrected chi connectivity index (χ3v) is 6.13. The van der Waals surface area contributed by atoms with Gasteiger partial charge in [-0.05, 0) is 42.7 Å². The topological polar surface area (TPSA) is 76.1 Å². The summed E-state index contributed by atoms with van der Waals surface area (Å²) in [6, 6.07) is 23.7. The van der Waals surface area contributed by atoms with Crippen LogP contribution in [0.5, 0.6) is 11.5 Å². The zero-order chi connectivity index (χ0) is 24.8. The van der Waals surface area contributed by atoms with Gasteiger partial charge in [0.15, 0.2) is 11.5 Å². The molecule has 0 fully saturated rings. The maximum Gasteiger partial charge on any atom is 0.290 e. The van der Waals surface area contributed by atoms with Gasteiger partial charge in [-0.1, -0.05) is 60.7 Å². The molecule has 0 saturated heterocycles. The number of rotatable bonds is 10. The highest BCUT2D eigenvalue weighted by molar-refractivity contribution is 6.09. The summed E-state index contributed by atoms with van der Waals surface area (Å²) in [6.45, 7) is 2.62. The molecule has 4 rings (SSSR count). The van der Waals surface area contributed by atoms with E-state index in [-0.39, 0.29) is 24.3 Å². The normalized spacial score (nSPS) is 15.4. The zero-order valence-electron chi connectivity index (χ0n) is 19.9. The minimum Gasteiger partial charge on any atom is -0.503 e. The highest BCUT2D eigenvalue weighted by atomic mass is 16.5. The number of para-hydroxylation sites is 1. The van der Waals surface area contributed by atoms with E-state index in [0.717, 1.165) is 16.7 Å². The first kappa shape index (κ1) is 24.1. The van der Waals surface area contributed by atoms with Crippen LogP contribution in [0.1, 0.15) is 36.1 Å². The van der Waals surface area contributed by atoms with Crippen LogP contribution in [0.2, 0.25) is 0 Å². The van der Waals surface area contributed by atoms with Crippen LogP contribution in [-0.2, 0) is 22.6 Å². The summed E-state index contributed by atoms with van der Waals surface area (Å²) in [5, 5.41) is 10.9. The first-order valence-corrected chi connectivity index (χ1v) is 11.7. The third-order valence-electron chi connectivity index (χ3n) is 6.13. The smallest absolute Gasteiger partial charge is 0.290 e. The lowest BCUT2D eigenvalue weighted by atomic mass is 9.93. The molecule has 3 aromatic rings. The molecule has 1 aliphatic heterocycles. The number of aliphatic hydroxyl groups excluding tert-OH is 1. The summed E-state index contributed by atoms with van der Waals surface area (Å²) < 4.78 is 11.0. The van der Waals surface area contributed by atoms with Crippen molar-refractivity contribution in [2.75, 3.05) is 13.7 Å². The van der Waals surface area contributed by atoms with Gasteiger partial charge in [0.2, 0.25) is 0 Å². The van der Waals surface area contributed by atoms with Gasteiger partial charge in [-0.25, -0.2) is 0 Å². The predicted molar refractivity (Wildman–Crippen MR) is 133 cm³/mol. The minimum atomic E-state index is -0.716. The molecule has 1 atom stereocenters. The second-order valence-corrected chi connectivity index (χ2v) is 8.32. The number of aryl methyl sites for hydroxylation is 1. The van der Waals surface area contributed by atoms with Crippen molar-refractivity contribution in [1.29, 1.82) is 0 Å². The number of nitrogens with zero attached hydrogens (tertiary/aromatic N) is 1. The Morgan fingerprint density at radius 3 is 2.34 bits per heavy atom. The van der Waals surface area contributed by atoms with Crippen LogP contribution in [0.25, 0.3) is 0 Å². The van der Waals surface area contributed by atoms with Gasteiger partial charge in [-0.2, -0.15) is 0 Å². The lowest BCUT2D eigenvalue weighted by Gasteiger charge is -2.27. The number of benzene rings is 3. The number of aliphatic hydroxyl groups is 1. The fraction of sp³-hybridized carbons (Fsp3) is 0.241. The van der Waals surface area contributed by atoms with Crippen molar-refractivity contribution in [2.45, 2.75) is 32.4 Å². The van der Waals surface area contributed by atoms with Crippen molar-refractivity contribution in [3.05, 3.63) is 107 Å². The first-order chi connectivity index (χ1) is 17.0. The van der Waals surface area contributed by atoms with Crippen LogP contribution in [0.3, 0.4) is 0 Å². The summed E-state index contributed by atoms with van der Waals surface area (Å²) in [5.41, 5.74) is 2.66. The van der Waals surface area contributed by atoms with E-state index in [4.69, 9.17) is 9.47 Å². The number of hydrogen-bond donors (Lipinski definition) is 1. The molecular formula is C29H29NO5. The van der Waals surface area contributed by atoms with Gasteiger partial charge in [-0.15, -0.1) is 0 Å². The van der Waals surface area contributed by atoms with Crippen LogP contribution in [0.15, 0.2) is 90.2 Å². The molecule has 1 amide bonds. The van der Waals surface area contributed by atoms with E-state index in [1.54, 1.807) is 7.11 Å². The maximum atomic E-state index is 13.4. The Balaban J connectivity index is 1.68. The van der Waals surface area contributed by atoms with Crippen LogP contribution >= 0.6 is 0 Å². The van der Waals surface area contributed by atoms with E-state index < -0.39 is 17.7 Å². The molecule has 0 bridgehead atoms. The van der Waals surface area contributed by atoms with Crippen LogP contribution in [-0.4, -0.2) is 35.4 Å². The lowest BCUT2D eigenvalue weighted by molar-refractivity contribution is -0.130. The molecule has 0 aliphatic carbocycles. The number of hydrogen-bond acceptors (Lipinski definition) is 5. The molecule has 6 nitrogen and oxygen atoms in total. The van der Waals surface area contributed by atoms with Gasteiger partial charge in [0.1, 0.15) is 11.5 Å². The Kier molecular flexibility index (Phi) is 7.51. The summed E-state index contributed by atoms with van der Waals surface area (Å²) in [6.07, 6.45) is 0.708. The molecule has 1 heterocycles. The summed E-state index contributed by atoms with van der Waals surface area (Å²) in [7, 11) is 1.57. The molecule has 0 radical (unpaired) electrons. The number of ketones is 1. The number of carbonyl (C=O) groups is 2. The summed E-state index contributed by atoms with van der Waals surface area (Å²) >= 11 is 0. The molecule has 3 aromatic carbocycles. The zero-order valence-corrected chi connectivity index (χ0v) is 19.9. The standard InChI is InChI=1S/C29H29NO5/c1-3-35-23-16-14-21(15-17-23)27-26(24(31)18-13-20-9-5-4-6-10-20)28(32)29(33)30(27)19-22-11-7-8-12-25(22)34-2/h4-12,14-17,27,32H,3,13,18-19H2,1-2H3. The van der Waals surface area contributed by atoms with Gasteiger partial charge in [0.25, 0.3) is 5.91 Å². The monoisotopic (exact) mass is 471 g/mol. The van der Waals surface area contributed by atoms with E-state index in [9.17, 15) is 14.7 Å². The van der Waals surface area contributed by atoms with E-state index in [2.05, 4.69) is 0 Å². The Bertz CT molecular complexity index is 1220. The molecular weight excluding hydrogens is 442 g/mol. The van der Waals surface area contributed by atoms with E-state index >= 15 is 0 Å². The van der Waals surface area contributed by atoms with Gasteiger partial charge in [0, 0.05) is 12.0 Å². The summed E-state index contributed by atoms with van der Waals surface area (Å²) in [5.74, 6) is 0.0203. The van der Waals surface area contributed by atoms with Crippen LogP contribution in [0, 0.1) is 0 Å². The van der Waals surface area contributed by atoms with Crippen LogP contribution < -0.4 is 9.47 Å². The van der Waals surface area contributed by atoms with Crippen molar-refractivity contribution in [2.24, 2.45) is 0 Å². The largest absolute Gasteiger partial charge is 0.503 e. The van der Waals surface area contributed by atoms with E-state index in [1.807, 2.05) is 85.8 Å². The number of Topliss-reactive ketones (excluding diaryl/α,β-unsaturated/α-hetero) is 1. The fourth-order valence-electron chi connectivity index (χ4n) is 4.42. The average molecular weight is 472 g/mol. The molecule has 0 aromatic heterocycles. The lowest BCUT2D eigenvalue weighted by Crippen LogP contribution is -2.31. The number of ether oxygens (including phenoxy) is 2. The van der Waals surface area contributed by atoms with Crippen molar-refractivity contribution < 1.29 is 24.2 Å². The first-order valence-electron chi connectivity index (χ1n) is 11.7. The molecule has 35 heavy (non-hydrogen) atoms. The predicted octanol–water partition coefficient (Wildman–Crippen LogP) is 5.19. The highest BCUT2D eigenvalue weighted by Gasteiger charge is 2.43. The second kappa shape index (κ2) is 10.9. The molecule has 1 aliphatic rings. The number of carbonyl (C=O) groups excluding carboxylic acids is 2.